The van der Waals surface area contributed by atoms with Crippen molar-refractivity contribution in [3.8, 4) is 23.0 Å². The first kappa shape index (κ1) is 20.2. The van der Waals surface area contributed by atoms with Crippen LogP contribution in [0.3, 0.4) is 0 Å². The Morgan fingerprint density at radius 1 is 1.06 bits per heavy atom. The number of allylic oxidation sites excluding steroid dienone is 1. The maximum Gasteiger partial charge on any atom is 0.262 e. The fourth-order valence-electron chi connectivity index (χ4n) is 3.13. The molecule has 31 heavy (non-hydrogen) atoms. The number of methoxy groups -OCH3 is 1. The minimum absolute atomic E-state index is 0.133. The molecule has 3 aromatic carbocycles. The van der Waals surface area contributed by atoms with Crippen molar-refractivity contribution in [2.75, 3.05) is 19.0 Å². The Morgan fingerprint density at radius 3 is 2.61 bits per heavy atom. The Hall–Kier alpha value is -4.06. The minimum atomic E-state index is -0.269. The van der Waals surface area contributed by atoms with Crippen LogP contribution < -0.4 is 14.8 Å². The first-order valence-corrected chi connectivity index (χ1v) is 9.85. The summed E-state index contributed by atoms with van der Waals surface area (Å²) in [5.74, 6) is 1.35. The van der Waals surface area contributed by atoms with Gasteiger partial charge in [-0.05, 0) is 61.0 Å². The fourth-order valence-corrected chi connectivity index (χ4v) is 3.13. The summed E-state index contributed by atoms with van der Waals surface area (Å²) in [6.07, 6.45) is 3.90. The molecule has 4 rings (SSSR count). The molecule has 0 saturated carbocycles. The summed E-state index contributed by atoms with van der Waals surface area (Å²) in [4.78, 5) is 16.8. The minimum Gasteiger partial charge on any atom is -0.493 e. The van der Waals surface area contributed by atoms with Crippen LogP contribution in [0.5, 0.6) is 11.5 Å². The van der Waals surface area contributed by atoms with Crippen molar-refractivity contribution in [1.82, 2.24) is 4.98 Å². The van der Waals surface area contributed by atoms with E-state index in [0.717, 1.165) is 22.2 Å². The molecule has 0 aliphatic heterocycles. The molecule has 1 aromatic heterocycles. The average molecular weight is 414 g/mol. The van der Waals surface area contributed by atoms with E-state index in [9.17, 15) is 4.79 Å². The molecule has 1 N–H and O–H groups in total. The Kier molecular flexibility index (Phi) is 5.98. The monoisotopic (exact) mass is 414 g/mol. The number of hydrogen-bond donors (Lipinski definition) is 1. The van der Waals surface area contributed by atoms with Gasteiger partial charge in [-0.2, -0.15) is 0 Å². The lowest BCUT2D eigenvalue weighted by molar-refractivity contribution is -0.118. The number of nitrogens with zero attached hydrogens (tertiary/aromatic N) is 1. The van der Waals surface area contributed by atoms with Crippen LogP contribution in [0.15, 0.2) is 77.2 Å². The van der Waals surface area contributed by atoms with Gasteiger partial charge in [-0.3, -0.25) is 4.79 Å². The molecular weight excluding hydrogens is 392 g/mol. The Balaban J connectivity index is 1.38. The van der Waals surface area contributed by atoms with Crippen molar-refractivity contribution in [3.63, 3.8) is 0 Å². The number of fused-ring (bicyclic) bond motifs is 1. The Bertz CT molecular complexity index is 1190. The van der Waals surface area contributed by atoms with Crippen molar-refractivity contribution >= 4 is 28.8 Å². The number of hydrogen-bond acceptors (Lipinski definition) is 5. The summed E-state index contributed by atoms with van der Waals surface area (Å²) < 4.78 is 16.8. The van der Waals surface area contributed by atoms with Gasteiger partial charge in [0.15, 0.2) is 23.7 Å². The van der Waals surface area contributed by atoms with Crippen molar-refractivity contribution in [1.29, 1.82) is 0 Å². The van der Waals surface area contributed by atoms with E-state index < -0.39 is 0 Å². The zero-order chi connectivity index (χ0) is 21.6. The number of nitrogens with one attached hydrogen (secondary N) is 1. The molecule has 0 spiro atoms. The van der Waals surface area contributed by atoms with E-state index >= 15 is 0 Å². The highest BCUT2D eigenvalue weighted by atomic mass is 16.5. The highest BCUT2D eigenvalue weighted by Crippen LogP contribution is 2.29. The van der Waals surface area contributed by atoms with Crippen molar-refractivity contribution < 1.29 is 18.7 Å². The summed E-state index contributed by atoms with van der Waals surface area (Å²) in [5.41, 5.74) is 4.03. The van der Waals surface area contributed by atoms with E-state index in [0.29, 0.717) is 23.1 Å². The molecule has 6 nitrogen and oxygen atoms in total. The van der Waals surface area contributed by atoms with Crippen LogP contribution >= 0.6 is 0 Å². The number of anilines is 1. The number of ether oxygens (including phenoxy) is 2. The van der Waals surface area contributed by atoms with E-state index in [1.54, 1.807) is 25.3 Å². The van der Waals surface area contributed by atoms with Gasteiger partial charge in [-0.1, -0.05) is 30.4 Å². The second-order valence-electron chi connectivity index (χ2n) is 6.81. The van der Waals surface area contributed by atoms with Gasteiger partial charge < -0.3 is 19.2 Å². The van der Waals surface area contributed by atoms with Crippen LogP contribution in [0.25, 0.3) is 28.6 Å². The van der Waals surface area contributed by atoms with Crippen LogP contribution in [-0.2, 0) is 4.79 Å². The van der Waals surface area contributed by atoms with Crippen LogP contribution in [0.4, 0.5) is 5.69 Å². The molecule has 0 saturated heterocycles. The predicted molar refractivity (Wildman–Crippen MR) is 121 cm³/mol. The van der Waals surface area contributed by atoms with Gasteiger partial charge >= 0.3 is 0 Å². The maximum absolute atomic E-state index is 12.3. The molecular formula is C25H22N2O4. The van der Waals surface area contributed by atoms with E-state index in [1.165, 1.54) is 0 Å². The standard InChI is InChI=1S/C25H22N2O4/c1-3-6-17-9-14-22(23(15-17)29-2)30-16-24(28)26-19-12-10-18(11-13-19)25-27-20-7-4-5-8-21(20)31-25/h3-15H,16H2,1-2H3,(H,26,28)/b6-3+. The highest BCUT2D eigenvalue weighted by molar-refractivity contribution is 5.92. The summed E-state index contributed by atoms with van der Waals surface area (Å²) >= 11 is 0. The van der Waals surface area contributed by atoms with Gasteiger partial charge in [0.2, 0.25) is 5.89 Å². The molecule has 1 amide bonds. The van der Waals surface area contributed by atoms with Crippen molar-refractivity contribution in [3.05, 3.63) is 78.4 Å². The third-order valence-electron chi connectivity index (χ3n) is 4.62. The van der Waals surface area contributed by atoms with Gasteiger partial charge in [0.1, 0.15) is 5.52 Å². The molecule has 0 aliphatic rings. The Morgan fingerprint density at radius 2 is 1.87 bits per heavy atom. The summed E-state index contributed by atoms with van der Waals surface area (Å²) in [7, 11) is 1.57. The quantitative estimate of drug-likeness (QED) is 0.429. The lowest BCUT2D eigenvalue weighted by Crippen LogP contribution is -2.20. The molecule has 0 unspecified atom stereocenters. The summed E-state index contributed by atoms with van der Waals surface area (Å²) in [6.45, 7) is 1.81. The average Bonchev–Trinajstić information content (AvgIpc) is 3.23. The van der Waals surface area contributed by atoms with Gasteiger partial charge in [0.25, 0.3) is 5.91 Å². The number of carbonyl (C=O) groups excluding carboxylic acids is 1. The topological polar surface area (TPSA) is 73.6 Å². The zero-order valence-corrected chi connectivity index (χ0v) is 17.3. The van der Waals surface area contributed by atoms with Gasteiger partial charge in [0.05, 0.1) is 7.11 Å². The third-order valence-corrected chi connectivity index (χ3v) is 4.62. The molecule has 4 aromatic rings. The second kappa shape index (κ2) is 9.17. The molecule has 156 valence electrons. The molecule has 0 bridgehead atoms. The lowest BCUT2D eigenvalue weighted by atomic mass is 10.2. The van der Waals surface area contributed by atoms with E-state index in [1.807, 2.05) is 67.6 Å². The number of carbonyl (C=O) groups is 1. The number of rotatable bonds is 7. The maximum atomic E-state index is 12.3. The first-order chi connectivity index (χ1) is 15.2. The SMILES string of the molecule is C/C=C/c1ccc(OCC(=O)Nc2ccc(-c3nc4ccccc4o3)cc2)c(OC)c1. The number of benzene rings is 3. The molecule has 0 fully saturated rings. The molecule has 0 aliphatic carbocycles. The summed E-state index contributed by atoms with van der Waals surface area (Å²) in [6, 6.07) is 20.5. The molecule has 6 heteroatoms. The summed E-state index contributed by atoms with van der Waals surface area (Å²) in [5, 5.41) is 2.82. The number of amides is 1. The Labute approximate surface area is 180 Å². The number of aromatic nitrogens is 1. The smallest absolute Gasteiger partial charge is 0.262 e. The first-order valence-electron chi connectivity index (χ1n) is 9.85. The largest absolute Gasteiger partial charge is 0.493 e. The molecule has 0 atom stereocenters. The number of oxazole rings is 1. The van der Waals surface area contributed by atoms with Crippen LogP contribution in [0.2, 0.25) is 0 Å². The highest BCUT2D eigenvalue weighted by Gasteiger charge is 2.10. The van der Waals surface area contributed by atoms with Gasteiger partial charge in [-0.15, -0.1) is 0 Å². The molecule has 0 radical (unpaired) electrons. The van der Waals surface area contributed by atoms with Crippen molar-refractivity contribution in [2.24, 2.45) is 0 Å². The molecule has 1 heterocycles. The van der Waals surface area contributed by atoms with E-state index in [2.05, 4.69) is 10.3 Å². The van der Waals surface area contributed by atoms with Crippen LogP contribution in [-0.4, -0.2) is 24.6 Å². The van der Waals surface area contributed by atoms with Crippen molar-refractivity contribution in [2.45, 2.75) is 6.92 Å². The number of para-hydroxylation sites is 2. The zero-order valence-electron chi connectivity index (χ0n) is 17.3. The fraction of sp³-hybridized carbons (Fsp3) is 0.120. The van der Waals surface area contributed by atoms with E-state index in [4.69, 9.17) is 13.9 Å². The second-order valence-corrected chi connectivity index (χ2v) is 6.81. The lowest BCUT2D eigenvalue weighted by Gasteiger charge is -2.11. The predicted octanol–water partition coefficient (Wildman–Crippen LogP) is 5.55. The third kappa shape index (κ3) is 4.75. The van der Waals surface area contributed by atoms with Gasteiger partial charge in [-0.25, -0.2) is 4.98 Å². The van der Waals surface area contributed by atoms with Crippen LogP contribution in [0, 0.1) is 0 Å². The van der Waals surface area contributed by atoms with E-state index in [-0.39, 0.29) is 12.5 Å². The van der Waals surface area contributed by atoms with Crippen LogP contribution in [0.1, 0.15) is 12.5 Å². The normalized spacial score (nSPS) is 11.0. The van der Waals surface area contributed by atoms with Gasteiger partial charge in [0, 0.05) is 11.3 Å².